The molecular formula is C17H24N4O2. The van der Waals surface area contributed by atoms with E-state index in [9.17, 15) is 9.90 Å². The number of hydrogen-bond donors (Lipinski definition) is 4. The molecule has 0 unspecified atom stereocenters. The predicted molar refractivity (Wildman–Crippen MR) is 90.1 cm³/mol. The number of nitrogens with zero attached hydrogens (tertiary/aromatic N) is 1. The van der Waals surface area contributed by atoms with E-state index >= 15 is 0 Å². The Morgan fingerprint density at radius 3 is 2.87 bits per heavy atom. The van der Waals surface area contributed by atoms with Gasteiger partial charge in [-0.15, -0.1) is 0 Å². The van der Waals surface area contributed by atoms with Crippen LogP contribution in [0.2, 0.25) is 0 Å². The van der Waals surface area contributed by atoms with Crippen LogP contribution in [-0.4, -0.2) is 47.4 Å². The van der Waals surface area contributed by atoms with Gasteiger partial charge in [0.05, 0.1) is 6.10 Å². The van der Waals surface area contributed by atoms with E-state index < -0.39 is 12.0 Å². The molecule has 1 aromatic carbocycles. The molecule has 6 nitrogen and oxygen atoms in total. The predicted octanol–water partition coefficient (Wildman–Crippen LogP) is 0.404. The molecule has 0 aliphatic carbocycles. The minimum Gasteiger partial charge on any atom is -0.402 e. The van der Waals surface area contributed by atoms with Gasteiger partial charge in [-0.25, -0.2) is 0 Å². The van der Waals surface area contributed by atoms with Gasteiger partial charge < -0.3 is 16.2 Å². The molecule has 0 bridgehead atoms. The van der Waals surface area contributed by atoms with Gasteiger partial charge in [0.25, 0.3) is 5.91 Å². The van der Waals surface area contributed by atoms with Crippen LogP contribution in [0.5, 0.6) is 0 Å². The number of amides is 1. The van der Waals surface area contributed by atoms with Gasteiger partial charge in [-0.1, -0.05) is 24.3 Å². The molecule has 2 rings (SSSR count). The van der Waals surface area contributed by atoms with Gasteiger partial charge in [-0.3, -0.25) is 15.1 Å². The van der Waals surface area contributed by atoms with E-state index in [1.807, 2.05) is 12.1 Å². The average Bonchev–Trinajstić information content (AvgIpc) is 2.51. The quantitative estimate of drug-likeness (QED) is 0.571. The van der Waals surface area contributed by atoms with Crippen LogP contribution in [0, 0.1) is 5.41 Å². The highest BCUT2D eigenvalue weighted by Gasteiger charge is 2.19. The molecule has 23 heavy (non-hydrogen) atoms. The molecule has 0 saturated carbocycles. The zero-order chi connectivity index (χ0) is 16.8. The molecule has 1 amide bonds. The molecule has 1 aliphatic heterocycles. The second kappa shape index (κ2) is 7.89. The second-order valence-electron chi connectivity index (χ2n) is 5.92. The molecule has 0 fully saturated rings. The minimum atomic E-state index is -0.667. The number of carbonyl (C=O) groups is 1. The highest BCUT2D eigenvalue weighted by molar-refractivity contribution is 6.42. The van der Waals surface area contributed by atoms with Gasteiger partial charge in [0, 0.05) is 31.9 Å². The first-order valence-corrected chi connectivity index (χ1v) is 7.73. The van der Waals surface area contributed by atoms with E-state index in [0.29, 0.717) is 12.2 Å². The summed E-state index contributed by atoms with van der Waals surface area (Å²) in [7, 11) is 0. The van der Waals surface area contributed by atoms with Crippen LogP contribution in [0.25, 0.3) is 0 Å². The molecule has 1 heterocycles. The van der Waals surface area contributed by atoms with Gasteiger partial charge in [0.15, 0.2) is 0 Å². The smallest absolute Gasteiger partial charge is 0.269 e. The largest absolute Gasteiger partial charge is 0.402 e. The molecule has 1 aromatic rings. The fraction of sp³-hybridized carbons (Fsp3) is 0.412. The highest BCUT2D eigenvalue weighted by atomic mass is 16.3. The van der Waals surface area contributed by atoms with Crippen molar-refractivity contribution in [1.82, 2.24) is 10.2 Å². The first kappa shape index (κ1) is 17.2. The number of aliphatic hydroxyl groups excluding tert-OH is 1. The van der Waals surface area contributed by atoms with Gasteiger partial charge >= 0.3 is 0 Å². The van der Waals surface area contributed by atoms with Crippen molar-refractivity contribution < 1.29 is 9.90 Å². The number of aliphatic hydroxyl groups is 1. The summed E-state index contributed by atoms with van der Waals surface area (Å²) in [5.41, 5.74) is 8.29. The van der Waals surface area contributed by atoms with Crippen molar-refractivity contribution >= 4 is 11.6 Å². The summed E-state index contributed by atoms with van der Waals surface area (Å²) in [4.78, 5) is 13.9. The second-order valence-corrected chi connectivity index (χ2v) is 5.92. The summed E-state index contributed by atoms with van der Waals surface area (Å²) >= 11 is 0. The average molecular weight is 316 g/mol. The molecule has 6 heteroatoms. The maximum Gasteiger partial charge on any atom is 0.269 e. The van der Waals surface area contributed by atoms with Crippen molar-refractivity contribution in [3.8, 4) is 0 Å². The molecule has 124 valence electrons. The first-order valence-electron chi connectivity index (χ1n) is 7.73. The fourth-order valence-electron chi connectivity index (χ4n) is 2.67. The van der Waals surface area contributed by atoms with E-state index in [4.69, 9.17) is 11.1 Å². The van der Waals surface area contributed by atoms with E-state index in [-0.39, 0.29) is 12.3 Å². The Morgan fingerprint density at radius 1 is 1.48 bits per heavy atom. The SMILES string of the molecule is C/C(N)=C\C(=N)C(=O)NC[C@H](O)CN1CCc2ccccc2C1. The summed E-state index contributed by atoms with van der Waals surface area (Å²) in [5, 5.41) is 20.2. The van der Waals surface area contributed by atoms with Gasteiger partial charge in [0.1, 0.15) is 5.71 Å². The summed E-state index contributed by atoms with van der Waals surface area (Å²) in [5.74, 6) is -0.530. The van der Waals surface area contributed by atoms with Gasteiger partial charge in [0.2, 0.25) is 0 Å². The number of carbonyl (C=O) groups excluding carboxylic acids is 1. The minimum absolute atomic E-state index is 0.122. The van der Waals surface area contributed by atoms with Crippen LogP contribution in [0.1, 0.15) is 18.1 Å². The molecule has 1 atom stereocenters. The molecular weight excluding hydrogens is 292 g/mol. The van der Waals surface area contributed by atoms with Crippen LogP contribution in [-0.2, 0) is 17.8 Å². The first-order chi connectivity index (χ1) is 11.0. The fourth-order valence-corrected chi connectivity index (χ4v) is 2.67. The van der Waals surface area contributed by atoms with Gasteiger partial charge in [-0.05, 0) is 30.5 Å². The third kappa shape index (κ3) is 5.19. The van der Waals surface area contributed by atoms with E-state index in [2.05, 4.69) is 22.3 Å². The van der Waals surface area contributed by atoms with Crippen LogP contribution in [0.3, 0.4) is 0 Å². The lowest BCUT2D eigenvalue weighted by Crippen LogP contribution is -2.43. The van der Waals surface area contributed by atoms with Crippen molar-refractivity contribution in [2.75, 3.05) is 19.6 Å². The number of hydrogen-bond acceptors (Lipinski definition) is 5. The van der Waals surface area contributed by atoms with Gasteiger partial charge in [-0.2, -0.15) is 0 Å². The van der Waals surface area contributed by atoms with Crippen molar-refractivity contribution in [1.29, 1.82) is 5.41 Å². The Hall–Kier alpha value is -2.18. The molecule has 0 radical (unpaired) electrons. The van der Waals surface area contributed by atoms with Crippen molar-refractivity contribution in [3.05, 3.63) is 47.2 Å². The molecule has 5 N–H and O–H groups in total. The number of nitrogens with two attached hydrogens (primary N) is 1. The van der Waals surface area contributed by atoms with E-state index in [1.54, 1.807) is 6.92 Å². The lowest BCUT2D eigenvalue weighted by Gasteiger charge is -2.30. The maximum absolute atomic E-state index is 11.7. The Morgan fingerprint density at radius 2 is 2.17 bits per heavy atom. The zero-order valence-electron chi connectivity index (χ0n) is 13.4. The topological polar surface area (TPSA) is 102 Å². The van der Waals surface area contributed by atoms with Crippen molar-refractivity contribution in [2.24, 2.45) is 5.73 Å². The standard InChI is InChI=1S/C17H24N4O2/c1-12(18)8-16(19)17(23)20-9-15(22)11-21-7-6-13-4-2-3-5-14(13)10-21/h2-5,8,15,19,22H,6-7,9-11,18H2,1H3,(H,20,23)/b12-8+,19-16?/t15-/m0/s1. The maximum atomic E-state index is 11.7. The Bertz CT molecular complexity index is 608. The summed E-state index contributed by atoms with van der Waals surface area (Å²) in [6, 6.07) is 8.32. The number of fused-ring (bicyclic) bond motifs is 1. The van der Waals surface area contributed by atoms with E-state index in [0.717, 1.165) is 19.5 Å². The molecule has 0 saturated heterocycles. The molecule has 0 spiro atoms. The number of rotatable bonds is 6. The lowest BCUT2D eigenvalue weighted by atomic mass is 10.00. The monoisotopic (exact) mass is 316 g/mol. The van der Waals surface area contributed by atoms with Crippen LogP contribution >= 0.6 is 0 Å². The number of allylic oxidation sites excluding steroid dienone is 1. The van der Waals surface area contributed by atoms with Crippen LogP contribution in [0.15, 0.2) is 36.0 Å². The Balaban J connectivity index is 1.78. The zero-order valence-corrected chi connectivity index (χ0v) is 13.4. The van der Waals surface area contributed by atoms with Crippen LogP contribution in [0.4, 0.5) is 0 Å². The number of β-amino-alcohol motifs (C(OH)–C–C–N with tert-alkyl or cyclic N) is 1. The summed E-state index contributed by atoms with van der Waals surface area (Å²) in [6.45, 7) is 3.94. The third-order valence-electron chi connectivity index (χ3n) is 3.79. The van der Waals surface area contributed by atoms with Crippen molar-refractivity contribution in [2.45, 2.75) is 26.0 Å². The van der Waals surface area contributed by atoms with E-state index in [1.165, 1.54) is 17.2 Å². The summed E-state index contributed by atoms with van der Waals surface area (Å²) in [6.07, 6.45) is 1.60. The Kier molecular flexibility index (Phi) is 5.90. The number of benzene rings is 1. The summed E-state index contributed by atoms with van der Waals surface area (Å²) < 4.78 is 0. The highest BCUT2D eigenvalue weighted by Crippen LogP contribution is 2.18. The lowest BCUT2D eigenvalue weighted by molar-refractivity contribution is -0.115. The Labute approximate surface area is 136 Å². The van der Waals surface area contributed by atoms with Crippen molar-refractivity contribution in [3.63, 3.8) is 0 Å². The van der Waals surface area contributed by atoms with Crippen LogP contribution < -0.4 is 11.1 Å². The molecule has 1 aliphatic rings. The third-order valence-corrected chi connectivity index (χ3v) is 3.79. The number of nitrogens with one attached hydrogen (secondary N) is 2. The normalized spacial score (nSPS) is 16.5. The molecule has 0 aromatic heterocycles.